The molecule has 0 spiro atoms. The lowest BCUT2D eigenvalue weighted by atomic mass is 10.0. The zero-order valence-electron chi connectivity index (χ0n) is 11.1. The SMILES string of the molecule is CC(C)C(=O)NCC(O)c1ccc2c(c1)CCC2. The van der Waals surface area contributed by atoms with Crippen LogP contribution in [0, 0.1) is 5.92 Å². The van der Waals surface area contributed by atoms with Gasteiger partial charge in [0.25, 0.3) is 0 Å². The van der Waals surface area contributed by atoms with Crippen molar-refractivity contribution in [1.82, 2.24) is 5.32 Å². The second-order valence-electron chi connectivity index (χ2n) is 5.30. The van der Waals surface area contributed by atoms with Crippen LogP contribution in [0.4, 0.5) is 0 Å². The minimum absolute atomic E-state index is 0.0183. The van der Waals surface area contributed by atoms with Crippen LogP contribution in [-0.2, 0) is 17.6 Å². The monoisotopic (exact) mass is 247 g/mol. The lowest BCUT2D eigenvalue weighted by Gasteiger charge is -2.14. The standard InChI is InChI=1S/C15H21NO2/c1-10(2)15(18)16-9-14(17)13-7-6-11-4-3-5-12(11)8-13/h6-8,10,14,17H,3-5,9H2,1-2H3,(H,16,18). The van der Waals surface area contributed by atoms with Crippen LogP contribution in [0.5, 0.6) is 0 Å². The number of carbonyl (C=O) groups excluding carboxylic acids is 1. The summed E-state index contributed by atoms with van der Waals surface area (Å²) in [5, 5.41) is 12.8. The first-order valence-electron chi connectivity index (χ1n) is 6.65. The van der Waals surface area contributed by atoms with E-state index >= 15 is 0 Å². The summed E-state index contributed by atoms with van der Waals surface area (Å²) in [6.07, 6.45) is 2.85. The second-order valence-corrected chi connectivity index (χ2v) is 5.30. The highest BCUT2D eigenvalue weighted by molar-refractivity contribution is 5.77. The molecule has 2 N–H and O–H groups in total. The average Bonchev–Trinajstić information content (AvgIpc) is 2.82. The number of aryl methyl sites for hydroxylation is 2. The Hall–Kier alpha value is -1.35. The first-order chi connectivity index (χ1) is 8.58. The molecule has 3 nitrogen and oxygen atoms in total. The minimum Gasteiger partial charge on any atom is -0.387 e. The van der Waals surface area contributed by atoms with Crippen molar-refractivity contribution in [2.75, 3.05) is 6.54 Å². The molecule has 1 aromatic rings. The van der Waals surface area contributed by atoms with Gasteiger partial charge >= 0.3 is 0 Å². The quantitative estimate of drug-likeness (QED) is 0.854. The molecule has 1 unspecified atom stereocenters. The summed E-state index contributed by atoms with van der Waals surface area (Å²) in [4.78, 5) is 11.4. The Balaban J connectivity index is 1.97. The van der Waals surface area contributed by atoms with Gasteiger partial charge < -0.3 is 10.4 Å². The summed E-state index contributed by atoms with van der Waals surface area (Å²) in [5.74, 6) is -0.0626. The van der Waals surface area contributed by atoms with Gasteiger partial charge in [-0.05, 0) is 36.0 Å². The van der Waals surface area contributed by atoms with Crippen LogP contribution in [0.15, 0.2) is 18.2 Å². The highest BCUT2D eigenvalue weighted by Gasteiger charge is 2.15. The topological polar surface area (TPSA) is 49.3 Å². The van der Waals surface area contributed by atoms with E-state index in [4.69, 9.17) is 0 Å². The van der Waals surface area contributed by atoms with Gasteiger partial charge in [0.2, 0.25) is 5.91 Å². The Labute approximate surface area is 108 Å². The number of benzene rings is 1. The minimum atomic E-state index is -0.612. The van der Waals surface area contributed by atoms with Crippen LogP contribution in [-0.4, -0.2) is 17.6 Å². The number of rotatable bonds is 4. The van der Waals surface area contributed by atoms with Crippen molar-refractivity contribution >= 4 is 5.91 Å². The van der Waals surface area contributed by atoms with Gasteiger partial charge in [-0.1, -0.05) is 32.0 Å². The molecular weight excluding hydrogens is 226 g/mol. The molecule has 1 aliphatic rings. The van der Waals surface area contributed by atoms with Crippen LogP contribution in [0.25, 0.3) is 0 Å². The predicted octanol–water partition coefficient (Wildman–Crippen LogP) is 1.98. The molecule has 0 aliphatic heterocycles. The van der Waals surface area contributed by atoms with Gasteiger partial charge in [-0.25, -0.2) is 0 Å². The maximum Gasteiger partial charge on any atom is 0.222 e. The van der Waals surface area contributed by atoms with Gasteiger partial charge in [-0.2, -0.15) is 0 Å². The fraction of sp³-hybridized carbons (Fsp3) is 0.533. The van der Waals surface area contributed by atoms with Crippen molar-refractivity contribution < 1.29 is 9.90 Å². The normalized spacial score (nSPS) is 15.6. The third-order valence-corrected chi connectivity index (χ3v) is 3.50. The number of nitrogens with one attached hydrogen (secondary N) is 1. The van der Waals surface area contributed by atoms with E-state index in [2.05, 4.69) is 17.4 Å². The van der Waals surface area contributed by atoms with Crippen LogP contribution < -0.4 is 5.32 Å². The number of hydrogen-bond donors (Lipinski definition) is 2. The summed E-state index contributed by atoms with van der Waals surface area (Å²) < 4.78 is 0. The molecule has 0 fully saturated rings. The van der Waals surface area contributed by atoms with E-state index in [1.54, 1.807) is 0 Å². The zero-order valence-corrected chi connectivity index (χ0v) is 11.1. The number of amides is 1. The van der Waals surface area contributed by atoms with E-state index < -0.39 is 6.10 Å². The molecule has 0 heterocycles. The van der Waals surface area contributed by atoms with Crippen molar-refractivity contribution in [3.8, 4) is 0 Å². The summed E-state index contributed by atoms with van der Waals surface area (Å²) >= 11 is 0. The van der Waals surface area contributed by atoms with Gasteiger partial charge in [0, 0.05) is 12.5 Å². The van der Waals surface area contributed by atoms with Gasteiger partial charge in [0.15, 0.2) is 0 Å². The Kier molecular flexibility index (Phi) is 4.02. The van der Waals surface area contributed by atoms with Crippen molar-refractivity contribution in [3.63, 3.8) is 0 Å². The van der Waals surface area contributed by atoms with Crippen LogP contribution >= 0.6 is 0 Å². The molecule has 0 saturated heterocycles. The maximum absolute atomic E-state index is 11.4. The molecule has 0 radical (unpaired) electrons. The van der Waals surface area contributed by atoms with Gasteiger partial charge in [0.1, 0.15) is 0 Å². The number of carbonyl (C=O) groups is 1. The highest BCUT2D eigenvalue weighted by atomic mass is 16.3. The van der Waals surface area contributed by atoms with Gasteiger partial charge in [-0.3, -0.25) is 4.79 Å². The van der Waals surface area contributed by atoms with E-state index in [1.165, 1.54) is 17.5 Å². The summed E-state index contributed by atoms with van der Waals surface area (Å²) in [6.45, 7) is 3.98. The molecule has 18 heavy (non-hydrogen) atoms. The Morgan fingerprint density at radius 1 is 1.33 bits per heavy atom. The second kappa shape index (κ2) is 5.53. The zero-order chi connectivity index (χ0) is 13.1. The van der Waals surface area contributed by atoms with Crippen LogP contribution in [0.2, 0.25) is 0 Å². The van der Waals surface area contributed by atoms with Crippen LogP contribution in [0.3, 0.4) is 0 Å². The first-order valence-corrected chi connectivity index (χ1v) is 6.65. The first kappa shape index (κ1) is 13.1. The average molecular weight is 247 g/mol. The summed E-state index contributed by atoms with van der Waals surface area (Å²) in [5.41, 5.74) is 3.65. The highest BCUT2D eigenvalue weighted by Crippen LogP contribution is 2.25. The predicted molar refractivity (Wildman–Crippen MR) is 71.3 cm³/mol. The lowest BCUT2D eigenvalue weighted by Crippen LogP contribution is -2.31. The molecule has 2 rings (SSSR count). The van der Waals surface area contributed by atoms with Crippen LogP contribution in [0.1, 0.15) is 43.1 Å². The Morgan fingerprint density at radius 3 is 2.78 bits per heavy atom. The number of hydrogen-bond acceptors (Lipinski definition) is 2. The Morgan fingerprint density at radius 2 is 2.06 bits per heavy atom. The van der Waals surface area contributed by atoms with Crippen molar-refractivity contribution in [2.24, 2.45) is 5.92 Å². The molecule has 3 heteroatoms. The molecule has 0 aromatic heterocycles. The molecule has 0 saturated carbocycles. The largest absolute Gasteiger partial charge is 0.387 e. The summed E-state index contributed by atoms with van der Waals surface area (Å²) in [7, 11) is 0. The molecule has 0 bridgehead atoms. The smallest absolute Gasteiger partial charge is 0.222 e. The molecule has 1 atom stereocenters. The molecular formula is C15H21NO2. The fourth-order valence-electron chi connectivity index (χ4n) is 2.32. The van der Waals surface area contributed by atoms with E-state index in [9.17, 15) is 9.90 Å². The van der Waals surface area contributed by atoms with Gasteiger partial charge in [0.05, 0.1) is 6.10 Å². The maximum atomic E-state index is 11.4. The number of aliphatic hydroxyl groups excluding tert-OH is 1. The number of fused-ring (bicyclic) bond motifs is 1. The fourth-order valence-corrected chi connectivity index (χ4v) is 2.32. The van der Waals surface area contributed by atoms with E-state index in [1.807, 2.05) is 19.9 Å². The number of aliphatic hydroxyl groups is 1. The molecule has 1 aromatic carbocycles. The van der Waals surface area contributed by atoms with Crippen molar-refractivity contribution in [3.05, 3.63) is 34.9 Å². The summed E-state index contributed by atoms with van der Waals surface area (Å²) in [6, 6.07) is 6.15. The third kappa shape index (κ3) is 2.91. The van der Waals surface area contributed by atoms with Crippen molar-refractivity contribution in [2.45, 2.75) is 39.2 Å². The molecule has 1 aliphatic carbocycles. The third-order valence-electron chi connectivity index (χ3n) is 3.50. The van der Waals surface area contributed by atoms with Gasteiger partial charge in [-0.15, -0.1) is 0 Å². The van der Waals surface area contributed by atoms with E-state index in [0.717, 1.165) is 18.4 Å². The Bertz CT molecular complexity index is 440. The van der Waals surface area contributed by atoms with Crippen molar-refractivity contribution in [1.29, 1.82) is 0 Å². The molecule has 1 amide bonds. The van der Waals surface area contributed by atoms with E-state index in [0.29, 0.717) is 0 Å². The lowest BCUT2D eigenvalue weighted by molar-refractivity contribution is -0.124. The molecule has 98 valence electrons. The van der Waals surface area contributed by atoms with E-state index in [-0.39, 0.29) is 18.4 Å².